The number of ether oxygens (including phenoxy) is 1. The van der Waals surface area contributed by atoms with Crippen LogP contribution >= 0.6 is 23.7 Å². The minimum absolute atomic E-state index is 0. The Balaban J connectivity index is 0.00000225. The van der Waals surface area contributed by atoms with Crippen molar-refractivity contribution < 1.29 is 4.74 Å². The number of aromatic nitrogens is 1. The van der Waals surface area contributed by atoms with E-state index >= 15 is 0 Å². The van der Waals surface area contributed by atoms with Crippen molar-refractivity contribution in [2.24, 2.45) is 0 Å². The Hall–Kier alpha value is -2.08. The van der Waals surface area contributed by atoms with Gasteiger partial charge in [0.1, 0.15) is 11.3 Å². The van der Waals surface area contributed by atoms with Crippen LogP contribution in [0.3, 0.4) is 0 Å². The molecular weight excluding hydrogens is 392 g/mol. The smallest absolute Gasteiger partial charge is 0.212 e. The maximum absolute atomic E-state index is 13.4. The normalized spacial score (nSPS) is 11.4. The number of likely N-dealkylation sites (N-methyl/N-ethyl adjacent to an activating group) is 1. The number of para-hydroxylation sites is 1. The molecule has 4 rings (SSSR count). The molecule has 4 nitrogen and oxygen atoms in total. The second kappa shape index (κ2) is 8.52. The van der Waals surface area contributed by atoms with Crippen molar-refractivity contribution in [2.75, 3.05) is 26.7 Å². The van der Waals surface area contributed by atoms with Gasteiger partial charge in [-0.15, -0.1) is 23.7 Å². The average molecular weight is 417 g/mol. The van der Waals surface area contributed by atoms with Gasteiger partial charge in [0.05, 0.1) is 17.3 Å². The van der Waals surface area contributed by atoms with E-state index in [0.717, 1.165) is 63.1 Å². The molecule has 28 heavy (non-hydrogen) atoms. The molecular formula is C22H25ClN2O2S. The first-order valence-corrected chi connectivity index (χ1v) is 10.2. The molecule has 0 saturated heterocycles. The summed E-state index contributed by atoms with van der Waals surface area (Å²) in [5.74, 6) is 0.780. The van der Waals surface area contributed by atoms with E-state index in [2.05, 4.69) is 35.4 Å². The number of rotatable bonds is 6. The topological polar surface area (TPSA) is 34.5 Å². The molecule has 4 aromatic rings. The van der Waals surface area contributed by atoms with E-state index in [1.807, 2.05) is 30.3 Å². The predicted octanol–water partition coefficient (Wildman–Crippen LogP) is 5.14. The van der Waals surface area contributed by atoms with Gasteiger partial charge in [0.25, 0.3) is 0 Å². The molecule has 0 amide bonds. The lowest BCUT2D eigenvalue weighted by molar-refractivity contribution is 0.293. The first-order chi connectivity index (χ1) is 13.2. The minimum Gasteiger partial charge on any atom is -0.497 e. The van der Waals surface area contributed by atoms with Crippen LogP contribution in [-0.4, -0.2) is 36.2 Å². The summed E-state index contributed by atoms with van der Waals surface area (Å²) in [5.41, 5.74) is 2.07. The van der Waals surface area contributed by atoms with Crippen molar-refractivity contribution >= 4 is 54.9 Å². The Morgan fingerprint density at radius 2 is 1.82 bits per heavy atom. The lowest BCUT2D eigenvalue weighted by atomic mass is 10.2. The molecule has 6 heteroatoms. The zero-order valence-electron chi connectivity index (χ0n) is 16.4. The second-order valence-corrected chi connectivity index (χ2v) is 7.72. The summed E-state index contributed by atoms with van der Waals surface area (Å²) in [6.07, 6.45) is 0. The fourth-order valence-corrected chi connectivity index (χ4v) is 5.00. The molecule has 0 aliphatic rings. The zero-order valence-corrected chi connectivity index (χ0v) is 18.0. The lowest BCUT2D eigenvalue weighted by Crippen LogP contribution is -2.27. The Kier molecular flexibility index (Phi) is 6.28. The van der Waals surface area contributed by atoms with E-state index in [9.17, 15) is 4.79 Å². The third-order valence-electron chi connectivity index (χ3n) is 5.32. The van der Waals surface area contributed by atoms with Crippen LogP contribution in [0.2, 0.25) is 0 Å². The van der Waals surface area contributed by atoms with Crippen LogP contribution in [0.5, 0.6) is 5.75 Å². The number of hydrogen-bond acceptors (Lipinski definition) is 4. The Bertz CT molecular complexity index is 1180. The molecule has 0 unspecified atom stereocenters. The number of fused-ring (bicyclic) bond motifs is 4. The molecule has 0 aliphatic heterocycles. The summed E-state index contributed by atoms with van der Waals surface area (Å²) >= 11 is 1.68. The van der Waals surface area contributed by atoms with Crippen molar-refractivity contribution in [3.63, 3.8) is 0 Å². The summed E-state index contributed by atoms with van der Waals surface area (Å²) in [5, 5.41) is 1.92. The molecule has 2 aromatic heterocycles. The highest BCUT2D eigenvalue weighted by Gasteiger charge is 2.17. The van der Waals surface area contributed by atoms with E-state index in [1.54, 1.807) is 18.4 Å². The minimum atomic E-state index is 0. The summed E-state index contributed by atoms with van der Waals surface area (Å²) in [7, 11) is 1.65. The Labute approximate surface area is 174 Å². The number of benzene rings is 2. The summed E-state index contributed by atoms with van der Waals surface area (Å²) < 4.78 is 9.60. The van der Waals surface area contributed by atoms with Gasteiger partial charge in [-0.25, -0.2) is 0 Å². The third kappa shape index (κ3) is 3.39. The van der Waals surface area contributed by atoms with Crippen LogP contribution in [0.1, 0.15) is 13.8 Å². The molecule has 148 valence electrons. The number of methoxy groups -OCH3 is 1. The molecule has 0 saturated carbocycles. The maximum atomic E-state index is 13.4. The lowest BCUT2D eigenvalue weighted by Gasteiger charge is -2.19. The summed E-state index contributed by atoms with van der Waals surface area (Å²) in [6, 6.07) is 14.0. The molecule has 0 aliphatic carbocycles. The first kappa shape index (κ1) is 20.6. The largest absolute Gasteiger partial charge is 0.497 e. The fourth-order valence-electron chi connectivity index (χ4n) is 3.75. The summed E-state index contributed by atoms with van der Waals surface area (Å²) in [4.78, 5) is 15.8. The maximum Gasteiger partial charge on any atom is 0.212 e. The van der Waals surface area contributed by atoms with Crippen LogP contribution in [0.15, 0.2) is 47.3 Å². The van der Waals surface area contributed by atoms with Crippen LogP contribution in [0, 0.1) is 0 Å². The highest BCUT2D eigenvalue weighted by molar-refractivity contribution is 7.25. The van der Waals surface area contributed by atoms with Crippen molar-refractivity contribution in [1.29, 1.82) is 0 Å². The van der Waals surface area contributed by atoms with Crippen LogP contribution < -0.4 is 10.2 Å². The molecule has 0 fully saturated rings. The van der Waals surface area contributed by atoms with Crippen LogP contribution in [0.25, 0.3) is 31.2 Å². The van der Waals surface area contributed by atoms with Gasteiger partial charge in [0.2, 0.25) is 5.43 Å². The highest BCUT2D eigenvalue weighted by Crippen LogP contribution is 2.34. The van der Waals surface area contributed by atoms with E-state index < -0.39 is 0 Å². The number of halogens is 1. The van der Waals surface area contributed by atoms with Crippen molar-refractivity contribution in [1.82, 2.24) is 9.47 Å². The van der Waals surface area contributed by atoms with Gasteiger partial charge in [-0.2, -0.15) is 0 Å². The van der Waals surface area contributed by atoms with Gasteiger partial charge in [0.15, 0.2) is 0 Å². The van der Waals surface area contributed by atoms with Crippen LogP contribution in [0.4, 0.5) is 0 Å². The Morgan fingerprint density at radius 1 is 1.07 bits per heavy atom. The molecule has 2 heterocycles. The van der Waals surface area contributed by atoms with Crippen molar-refractivity contribution in [3.05, 3.63) is 52.7 Å². The van der Waals surface area contributed by atoms with Gasteiger partial charge in [-0.05, 0) is 37.4 Å². The van der Waals surface area contributed by atoms with Crippen molar-refractivity contribution in [2.45, 2.75) is 20.4 Å². The molecule has 0 atom stereocenters. The second-order valence-electron chi connectivity index (χ2n) is 6.67. The quantitative estimate of drug-likeness (QED) is 0.436. The van der Waals surface area contributed by atoms with E-state index in [1.165, 1.54) is 0 Å². The van der Waals surface area contributed by atoms with Crippen LogP contribution in [-0.2, 0) is 6.54 Å². The fraction of sp³-hybridized carbons (Fsp3) is 0.318. The van der Waals surface area contributed by atoms with Gasteiger partial charge in [-0.3, -0.25) is 4.79 Å². The molecule has 0 radical (unpaired) electrons. The number of nitrogens with zero attached hydrogens (tertiary/aromatic N) is 2. The van der Waals surface area contributed by atoms with E-state index in [4.69, 9.17) is 4.74 Å². The van der Waals surface area contributed by atoms with E-state index in [0.29, 0.717) is 0 Å². The van der Waals surface area contributed by atoms with Gasteiger partial charge in [-0.1, -0.05) is 32.0 Å². The summed E-state index contributed by atoms with van der Waals surface area (Å²) in [6.45, 7) is 8.14. The Morgan fingerprint density at radius 3 is 2.54 bits per heavy atom. The number of hydrogen-bond donors (Lipinski definition) is 0. The average Bonchev–Trinajstić information content (AvgIpc) is 3.02. The predicted molar refractivity (Wildman–Crippen MR) is 123 cm³/mol. The molecule has 0 spiro atoms. The molecule has 2 aromatic carbocycles. The first-order valence-electron chi connectivity index (χ1n) is 9.42. The standard InChI is InChI=1S/C22H24N2O2S.ClH/c1-4-23(5-2)12-13-24-18-9-7-6-8-16(18)22-20(24)21(25)17-11-10-15(26-3)14-19(17)27-22;/h6-11,14H,4-5,12-13H2,1-3H3;1H. The SMILES string of the molecule is CCN(CC)CCn1c2ccccc2c2sc3cc(OC)ccc3c(=O)c21.Cl. The molecule has 0 N–H and O–H groups in total. The van der Waals surface area contributed by atoms with Crippen molar-refractivity contribution in [3.8, 4) is 5.75 Å². The molecule has 0 bridgehead atoms. The van der Waals surface area contributed by atoms with E-state index in [-0.39, 0.29) is 17.8 Å². The van der Waals surface area contributed by atoms with Gasteiger partial charge >= 0.3 is 0 Å². The highest BCUT2D eigenvalue weighted by atomic mass is 35.5. The van der Waals surface area contributed by atoms with Gasteiger partial charge in [0, 0.05) is 28.6 Å². The monoisotopic (exact) mass is 416 g/mol. The zero-order chi connectivity index (χ0) is 19.0. The van der Waals surface area contributed by atoms with Gasteiger partial charge < -0.3 is 14.2 Å². The third-order valence-corrected chi connectivity index (χ3v) is 6.49.